The van der Waals surface area contributed by atoms with Crippen molar-refractivity contribution >= 4 is 13.7 Å². The Bertz CT molecular complexity index is 1550. The molecule has 3 N–H and O–H groups in total. The quantitative estimate of drug-likeness (QED) is 0.0243. The van der Waals surface area contributed by atoms with E-state index in [0.29, 0.717) is 17.4 Å². The molecule has 0 radical (unpaired) electrons. The topological polar surface area (TPSA) is 105 Å². The van der Waals surface area contributed by atoms with Gasteiger partial charge in [-0.05, 0) is 70.6 Å². The molecular weight excluding hydrogens is 984 g/mol. The van der Waals surface area contributed by atoms with Crippen LogP contribution in [0.25, 0.3) is 0 Å². The van der Waals surface area contributed by atoms with E-state index in [1.807, 2.05) is 27.2 Å². The van der Waals surface area contributed by atoms with Crippen molar-refractivity contribution in [2.24, 2.45) is 0 Å². The molecule has 0 aliphatic rings. The lowest BCUT2D eigenvalue weighted by Gasteiger charge is -2.25. The number of phosphoric ester groups is 1. The highest BCUT2D eigenvalue weighted by molar-refractivity contribution is 7.47. The summed E-state index contributed by atoms with van der Waals surface area (Å²) in [5.41, 5.74) is 0. The second-order valence-electron chi connectivity index (χ2n) is 23.5. The van der Waals surface area contributed by atoms with Crippen molar-refractivity contribution in [3.8, 4) is 0 Å². The Kier molecular flexibility index (Phi) is 57.5. The molecule has 3 unspecified atom stereocenters. The van der Waals surface area contributed by atoms with E-state index in [-0.39, 0.29) is 19.1 Å². The Morgan fingerprint density at radius 3 is 1.13 bits per heavy atom. The van der Waals surface area contributed by atoms with Crippen LogP contribution in [-0.4, -0.2) is 73.4 Å². The van der Waals surface area contributed by atoms with Crippen LogP contribution in [0.15, 0.2) is 85.1 Å². The molecule has 1 amide bonds. The average Bonchev–Trinajstić information content (AvgIpc) is 3.41. The summed E-state index contributed by atoms with van der Waals surface area (Å²) in [6.07, 6.45) is 84.2. The number of nitrogens with zero attached hydrogens (tertiary/aromatic N) is 1. The van der Waals surface area contributed by atoms with E-state index in [4.69, 9.17) is 9.05 Å². The van der Waals surface area contributed by atoms with Crippen LogP contribution in [0, 0.1) is 0 Å². The number of amides is 1. The molecule has 78 heavy (non-hydrogen) atoms. The molecular formula is C69H128N2O6P+. The molecule has 3 atom stereocenters. The van der Waals surface area contributed by atoms with Gasteiger partial charge in [-0.3, -0.25) is 13.8 Å². The maximum atomic E-state index is 13.0. The Balaban J connectivity index is 4.11. The Labute approximate surface area is 484 Å². The van der Waals surface area contributed by atoms with Crippen LogP contribution in [0.2, 0.25) is 0 Å². The highest BCUT2D eigenvalue weighted by atomic mass is 31.2. The summed E-state index contributed by atoms with van der Waals surface area (Å²) >= 11 is 0. The fourth-order valence-corrected chi connectivity index (χ4v) is 10.3. The molecule has 0 fully saturated rings. The molecule has 0 rings (SSSR count). The molecule has 0 aliphatic carbocycles. The van der Waals surface area contributed by atoms with Crippen LogP contribution < -0.4 is 5.32 Å². The molecule has 0 aromatic carbocycles. The first-order chi connectivity index (χ1) is 38.0. The van der Waals surface area contributed by atoms with Gasteiger partial charge in [-0.15, -0.1) is 0 Å². The number of rotatable bonds is 60. The van der Waals surface area contributed by atoms with Gasteiger partial charge in [0.1, 0.15) is 13.2 Å². The number of carbonyl (C=O) groups excluding carboxylic acids is 1. The number of unbranched alkanes of at least 4 members (excludes halogenated alkanes) is 35. The summed E-state index contributed by atoms with van der Waals surface area (Å²) in [5, 5.41) is 14.0. The largest absolute Gasteiger partial charge is 0.472 e. The van der Waals surface area contributed by atoms with Crippen molar-refractivity contribution in [3.05, 3.63) is 85.1 Å². The zero-order valence-electron chi connectivity index (χ0n) is 51.9. The van der Waals surface area contributed by atoms with Crippen LogP contribution in [-0.2, 0) is 18.4 Å². The van der Waals surface area contributed by atoms with Crippen molar-refractivity contribution in [1.29, 1.82) is 0 Å². The summed E-state index contributed by atoms with van der Waals surface area (Å²) in [7, 11) is 1.57. The second kappa shape index (κ2) is 59.3. The van der Waals surface area contributed by atoms with Gasteiger partial charge >= 0.3 is 7.82 Å². The van der Waals surface area contributed by atoms with Gasteiger partial charge in [0.15, 0.2) is 0 Å². The minimum absolute atomic E-state index is 0.0595. The lowest BCUT2D eigenvalue weighted by atomic mass is 10.0. The summed E-state index contributed by atoms with van der Waals surface area (Å²) in [5.74, 6) is -0.177. The molecule has 0 aromatic rings. The van der Waals surface area contributed by atoms with Gasteiger partial charge in [0, 0.05) is 6.42 Å². The van der Waals surface area contributed by atoms with Crippen molar-refractivity contribution in [3.63, 3.8) is 0 Å². The maximum absolute atomic E-state index is 13.0. The zero-order valence-corrected chi connectivity index (χ0v) is 52.8. The monoisotopic (exact) mass is 1110 g/mol. The number of phosphoric acid groups is 1. The predicted octanol–water partition coefficient (Wildman–Crippen LogP) is 20.8. The lowest BCUT2D eigenvalue weighted by Crippen LogP contribution is -2.45. The Hall–Kier alpha value is -2.32. The molecule has 0 saturated carbocycles. The molecule has 0 aliphatic heterocycles. The van der Waals surface area contributed by atoms with E-state index < -0.39 is 20.0 Å². The van der Waals surface area contributed by atoms with Gasteiger partial charge in [0.25, 0.3) is 0 Å². The molecule has 0 spiro atoms. The normalized spacial score (nSPS) is 14.3. The fourth-order valence-electron chi connectivity index (χ4n) is 9.52. The molecule has 0 heterocycles. The highest BCUT2D eigenvalue weighted by Crippen LogP contribution is 2.43. The van der Waals surface area contributed by atoms with Gasteiger partial charge in [0.2, 0.25) is 5.91 Å². The SMILES string of the molecule is CC/C=C\C/C=C\C/C=C\C/C=C\C/C=C\C/C=C\CCCCCCCCCCCCCCCCC(=O)NC(COP(=O)(O)OCC[N+](C)(C)C)C(O)/C=C/CCCCCCCCCCCCCCCCCCCCCCC. The summed E-state index contributed by atoms with van der Waals surface area (Å²) < 4.78 is 23.8. The van der Waals surface area contributed by atoms with E-state index in [9.17, 15) is 19.4 Å². The molecule has 0 bridgehead atoms. The van der Waals surface area contributed by atoms with Crippen LogP contribution in [0.4, 0.5) is 0 Å². The number of quaternary nitrogens is 1. The number of carbonyl (C=O) groups is 1. The molecule has 9 heteroatoms. The van der Waals surface area contributed by atoms with E-state index in [2.05, 4.69) is 92.1 Å². The zero-order chi connectivity index (χ0) is 57.0. The van der Waals surface area contributed by atoms with Crippen molar-refractivity contribution in [2.75, 3.05) is 40.9 Å². The third kappa shape index (κ3) is 61.3. The minimum Gasteiger partial charge on any atom is -0.387 e. The van der Waals surface area contributed by atoms with Gasteiger partial charge in [-0.1, -0.05) is 304 Å². The third-order valence-corrected chi connectivity index (χ3v) is 15.6. The number of nitrogens with one attached hydrogen (secondary N) is 1. The first-order valence-corrected chi connectivity index (χ1v) is 34.5. The first-order valence-electron chi connectivity index (χ1n) is 33.0. The van der Waals surface area contributed by atoms with Gasteiger partial charge in [-0.25, -0.2) is 4.57 Å². The molecule has 454 valence electrons. The Morgan fingerprint density at radius 1 is 0.449 bits per heavy atom. The van der Waals surface area contributed by atoms with Crippen molar-refractivity contribution in [1.82, 2.24) is 5.32 Å². The van der Waals surface area contributed by atoms with Gasteiger partial charge < -0.3 is 19.8 Å². The van der Waals surface area contributed by atoms with Crippen LogP contribution in [0.3, 0.4) is 0 Å². The second-order valence-corrected chi connectivity index (χ2v) is 24.9. The minimum atomic E-state index is -4.36. The summed E-state index contributed by atoms with van der Waals surface area (Å²) in [6.45, 7) is 4.73. The van der Waals surface area contributed by atoms with E-state index in [0.717, 1.165) is 77.0 Å². The van der Waals surface area contributed by atoms with Crippen molar-refractivity contribution in [2.45, 2.75) is 309 Å². The number of aliphatic hydroxyl groups excluding tert-OH is 1. The number of hydrogen-bond donors (Lipinski definition) is 3. The molecule has 0 saturated heterocycles. The van der Waals surface area contributed by atoms with Crippen LogP contribution in [0.5, 0.6) is 0 Å². The van der Waals surface area contributed by atoms with E-state index >= 15 is 0 Å². The average molecular weight is 1110 g/mol. The fraction of sp³-hybridized carbons (Fsp3) is 0.783. The molecule has 8 nitrogen and oxygen atoms in total. The summed E-state index contributed by atoms with van der Waals surface area (Å²) in [6, 6.07) is -0.852. The van der Waals surface area contributed by atoms with Crippen LogP contribution in [0.1, 0.15) is 296 Å². The van der Waals surface area contributed by atoms with E-state index in [1.54, 1.807) is 6.08 Å². The van der Waals surface area contributed by atoms with Crippen LogP contribution >= 0.6 is 7.82 Å². The first kappa shape index (κ1) is 75.7. The maximum Gasteiger partial charge on any atom is 0.472 e. The highest BCUT2D eigenvalue weighted by Gasteiger charge is 2.28. The number of allylic oxidation sites excluding steroid dienone is 13. The smallest absolute Gasteiger partial charge is 0.387 e. The van der Waals surface area contributed by atoms with Gasteiger partial charge in [-0.2, -0.15) is 0 Å². The Morgan fingerprint density at radius 2 is 0.769 bits per heavy atom. The number of likely N-dealkylation sites (N-methyl/N-ethyl adjacent to an activating group) is 1. The van der Waals surface area contributed by atoms with Crippen molar-refractivity contribution < 1.29 is 32.9 Å². The number of hydrogen-bond acceptors (Lipinski definition) is 5. The summed E-state index contributed by atoms with van der Waals surface area (Å²) in [4.78, 5) is 23.4. The lowest BCUT2D eigenvalue weighted by molar-refractivity contribution is -0.870. The third-order valence-electron chi connectivity index (χ3n) is 14.6. The van der Waals surface area contributed by atoms with E-state index in [1.165, 1.54) is 199 Å². The molecule has 0 aromatic heterocycles. The van der Waals surface area contributed by atoms with Gasteiger partial charge in [0.05, 0.1) is 39.9 Å². The number of aliphatic hydroxyl groups is 1. The standard InChI is InChI=1S/C69H127N2O6P/c1-6-8-10-12-14-16-18-20-22-24-26-28-30-31-32-33-34-35-36-37-38-39-41-43-45-47-49-51-53-55-57-59-61-63-69(73)70-67(66-77-78(74,75)76-65-64-71(3,4)5)68(72)62-60-58-56-54-52-50-48-46-44-42-40-29-27-25-23-21-19-17-15-13-11-9-7-2/h8,10,14,16,20,22,26,28,31-32,34-35,60,62,67-68,72H,6-7,9,11-13,15,17-19,21,23-25,27,29-30,33,36-59,61,63-66H2,1-5H3,(H-,70,73,74,75)/p+1/b10-8-,16-14-,22-20-,28-26-,32-31-,35-34-,62-60+. The predicted molar refractivity (Wildman–Crippen MR) is 341 cm³/mol.